The third kappa shape index (κ3) is 1.88. The zero-order valence-electron chi connectivity index (χ0n) is 9.93. The highest BCUT2D eigenvalue weighted by Crippen LogP contribution is 2.38. The van der Waals surface area contributed by atoms with Crippen LogP contribution in [-0.2, 0) is 16.8 Å². The molecule has 0 bridgehead atoms. The highest BCUT2D eigenvalue weighted by Gasteiger charge is 2.45. The lowest BCUT2D eigenvalue weighted by Crippen LogP contribution is -2.36. The molecule has 0 spiro atoms. The lowest BCUT2D eigenvalue weighted by molar-refractivity contribution is -0.133. The van der Waals surface area contributed by atoms with Crippen LogP contribution in [0.4, 0.5) is 10.1 Å². The van der Waals surface area contributed by atoms with Gasteiger partial charge in [-0.15, -0.1) is 0 Å². The number of hydrogen-bond acceptors (Lipinski definition) is 3. The minimum absolute atomic E-state index is 0.0100. The fourth-order valence-electron chi connectivity index (χ4n) is 2.26. The summed E-state index contributed by atoms with van der Waals surface area (Å²) in [6.07, 6.45) is 1.59. The predicted molar refractivity (Wildman–Crippen MR) is 66.9 cm³/mol. The number of nitrogens with zero attached hydrogens (tertiary/aromatic N) is 1. The molecule has 0 unspecified atom stereocenters. The predicted octanol–water partition coefficient (Wildman–Crippen LogP) is 1.60. The van der Waals surface area contributed by atoms with Crippen molar-refractivity contribution >= 4 is 11.6 Å². The number of hydrogen-bond donors (Lipinski definition) is 2. The van der Waals surface area contributed by atoms with E-state index in [1.54, 1.807) is 24.4 Å². The molecule has 2 aromatic rings. The summed E-state index contributed by atoms with van der Waals surface area (Å²) in [4.78, 5) is 16.0. The Hall–Kier alpha value is -2.27. The number of fused-ring (bicyclic) bond motifs is 1. The molecule has 0 aliphatic carbocycles. The minimum Gasteiger partial charge on any atom is -0.375 e. The van der Waals surface area contributed by atoms with Crippen LogP contribution in [0.1, 0.15) is 11.3 Å². The number of aromatic nitrogens is 1. The van der Waals surface area contributed by atoms with Crippen molar-refractivity contribution in [2.75, 3.05) is 5.32 Å². The van der Waals surface area contributed by atoms with Crippen molar-refractivity contribution in [3.05, 3.63) is 59.7 Å². The van der Waals surface area contributed by atoms with Gasteiger partial charge in [0.05, 0.1) is 0 Å². The van der Waals surface area contributed by atoms with Crippen molar-refractivity contribution in [2.24, 2.45) is 0 Å². The summed E-state index contributed by atoms with van der Waals surface area (Å²) in [5.41, 5.74) is -0.517. The van der Waals surface area contributed by atoms with E-state index in [-0.39, 0.29) is 12.0 Å². The maximum Gasteiger partial charge on any atom is 0.261 e. The summed E-state index contributed by atoms with van der Waals surface area (Å²) >= 11 is 0. The summed E-state index contributed by atoms with van der Waals surface area (Å²) in [5.74, 6) is -1.05. The molecule has 1 aliphatic rings. The molecular weight excluding hydrogens is 247 g/mol. The van der Waals surface area contributed by atoms with Crippen molar-refractivity contribution in [3.63, 3.8) is 0 Å². The zero-order valence-corrected chi connectivity index (χ0v) is 9.93. The van der Waals surface area contributed by atoms with Gasteiger partial charge in [-0.3, -0.25) is 9.78 Å². The first-order valence-corrected chi connectivity index (χ1v) is 5.83. The monoisotopic (exact) mass is 258 g/mol. The van der Waals surface area contributed by atoms with Crippen molar-refractivity contribution < 1.29 is 14.3 Å². The van der Waals surface area contributed by atoms with Gasteiger partial charge >= 0.3 is 0 Å². The summed E-state index contributed by atoms with van der Waals surface area (Å²) in [6.45, 7) is 0. The molecule has 19 heavy (non-hydrogen) atoms. The molecule has 1 aromatic heterocycles. The van der Waals surface area contributed by atoms with Crippen LogP contribution in [-0.4, -0.2) is 16.0 Å². The van der Waals surface area contributed by atoms with E-state index < -0.39 is 17.3 Å². The second-order valence-electron chi connectivity index (χ2n) is 4.50. The molecule has 2 N–H and O–H groups in total. The smallest absolute Gasteiger partial charge is 0.261 e. The van der Waals surface area contributed by atoms with E-state index in [1.807, 2.05) is 0 Å². The van der Waals surface area contributed by atoms with E-state index in [1.165, 1.54) is 18.2 Å². The number of halogens is 1. The van der Waals surface area contributed by atoms with Crippen LogP contribution in [0.15, 0.2) is 42.6 Å². The van der Waals surface area contributed by atoms with Crippen molar-refractivity contribution in [2.45, 2.75) is 12.0 Å². The standard InChI is InChI=1S/C14H11FN2O2/c15-9-4-5-12-11(7-9)14(19,13(18)17-12)8-10-3-1-2-6-16-10/h1-7,19H,8H2,(H,17,18)/t14-/m1/s1. The molecule has 0 saturated carbocycles. The first-order chi connectivity index (χ1) is 9.09. The SMILES string of the molecule is O=C1Nc2ccc(F)cc2[C@]1(O)Cc1ccccn1. The second-order valence-corrected chi connectivity index (χ2v) is 4.50. The van der Waals surface area contributed by atoms with Gasteiger partial charge in [0.15, 0.2) is 5.60 Å². The molecular formula is C14H11FN2O2. The van der Waals surface area contributed by atoms with E-state index in [4.69, 9.17) is 0 Å². The Morgan fingerprint density at radius 2 is 2.16 bits per heavy atom. The number of anilines is 1. The summed E-state index contributed by atoms with van der Waals surface area (Å²) in [6, 6.07) is 9.09. The molecule has 5 heteroatoms. The van der Waals surface area contributed by atoms with Gasteiger partial charge in [-0.1, -0.05) is 6.07 Å². The third-order valence-electron chi connectivity index (χ3n) is 3.21. The van der Waals surface area contributed by atoms with Crippen LogP contribution in [0.25, 0.3) is 0 Å². The highest BCUT2D eigenvalue weighted by molar-refractivity contribution is 6.05. The van der Waals surface area contributed by atoms with E-state index in [0.29, 0.717) is 11.4 Å². The van der Waals surface area contributed by atoms with Crippen LogP contribution in [0.5, 0.6) is 0 Å². The molecule has 4 nitrogen and oxygen atoms in total. The molecule has 96 valence electrons. The van der Waals surface area contributed by atoms with E-state index in [2.05, 4.69) is 10.3 Å². The molecule has 0 fully saturated rings. The maximum atomic E-state index is 13.3. The number of amides is 1. The fourth-order valence-corrected chi connectivity index (χ4v) is 2.26. The van der Waals surface area contributed by atoms with Gasteiger partial charge in [-0.05, 0) is 30.3 Å². The Labute approximate surface area is 108 Å². The highest BCUT2D eigenvalue weighted by atomic mass is 19.1. The average molecular weight is 258 g/mol. The normalized spacial score (nSPS) is 21.1. The Morgan fingerprint density at radius 3 is 2.89 bits per heavy atom. The van der Waals surface area contributed by atoms with Gasteiger partial charge in [0.1, 0.15) is 5.82 Å². The lowest BCUT2D eigenvalue weighted by atomic mass is 9.90. The first-order valence-electron chi connectivity index (χ1n) is 5.83. The van der Waals surface area contributed by atoms with Crippen molar-refractivity contribution in [1.29, 1.82) is 0 Å². The largest absolute Gasteiger partial charge is 0.375 e. The number of benzene rings is 1. The number of pyridine rings is 1. The second kappa shape index (κ2) is 4.13. The number of aliphatic hydroxyl groups is 1. The minimum atomic E-state index is -1.77. The molecule has 0 saturated heterocycles. The van der Waals surface area contributed by atoms with Crippen LogP contribution in [0, 0.1) is 5.82 Å². The molecule has 1 atom stereocenters. The summed E-state index contributed by atoms with van der Waals surface area (Å²) in [7, 11) is 0. The maximum absolute atomic E-state index is 13.3. The Bertz CT molecular complexity index is 645. The van der Waals surface area contributed by atoms with Gasteiger partial charge < -0.3 is 10.4 Å². The summed E-state index contributed by atoms with van der Waals surface area (Å²) in [5, 5.41) is 13.1. The number of rotatable bonds is 2. The number of nitrogens with one attached hydrogen (secondary N) is 1. The van der Waals surface area contributed by atoms with Gasteiger partial charge in [-0.25, -0.2) is 4.39 Å². The fraction of sp³-hybridized carbons (Fsp3) is 0.143. The quantitative estimate of drug-likeness (QED) is 0.860. The zero-order chi connectivity index (χ0) is 13.5. The van der Waals surface area contributed by atoms with Crippen LogP contribution in [0.3, 0.4) is 0 Å². The number of carbonyl (C=O) groups is 1. The molecule has 1 aromatic carbocycles. The van der Waals surface area contributed by atoms with Crippen molar-refractivity contribution in [3.8, 4) is 0 Å². The average Bonchev–Trinajstić information content (AvgIpc) is 2.64. The van der Waals surface area contributed by atoms with Crippen LogP contribution in [0.2, 0.25) is 0 Å². The number of carbonyl (C=O) groups excluding carboxylic acids is 1. The van der Waals surface area contributed by atoms with E-state index in [0.717, 1.165) is 0 Å². The first kappa shape index (κ1) is 11.8. The van der Waals surface area contributed by atoms with Gasteiger partial charge in [0.25, 0.3) is 5.91 Å². The molecule has 2 heterocycles. The van der Waals surface area contributed by atoms with Gasteiger partial charge in [0, 0.05) is 29.6 Å². The summed E-state index contributed by atoms with van der Waals surface area (Å²) < 4.78 is 13.3. The van der Waals surface area contributed by atoms with Crippen molar-refractivity contribution in [1.82, 2.24) is 4.98 Å². The molecule has 1 aliphatic heterocycles. The Balaban J connectivity index is 2.04. The topological polar surface area (TPSA) is 62.2 Å². The van der Waals surface area contributed by atoms with Gasteiger partial charge in [0.2, 0.25) is 0 Å². The van der Waals surface area contributed by atoms with E-state index in [9.17, 15) is 14.3 Å². The van der Waals surface area contributed by atoms with Crippen LogP contribution >= 0.6 is 0 Å². The van der Waals surface area contributed by atoms with Crippen LogP contribution < -0.4 is 5.32 Å². The third-order valence-corrected chi connectivity index (χ3v) is 3.21. The Morgan fingerprint density at radius 1 is 1.32 bits per heavy atom. The lowest BCUT2D eigenvalue weighted by Gasteiger charge is -2.20. The Kier molecular flexibility index (Phi) is 2.57. The van der Waals surface area contributed by atoms with Gasteiger partial charge in [-0.2, -0.15) is 0 Å². The molecule has 1 amide bonds. The van der Waals surface area contributed by atoms with E-state index >= 15 is 0 Å². The molecule has 0 radical (unpaired) electrons. The molecule has 3 rings (SSSR count).